The molecule has 1 saturated heterocycles. The van der Waals surface area contributed by atoms with E-state index in [2.05, 4.69) is 16.0 Å². The molecule has 3 amide bonds. The molecule has 2 aliphatic rings. The van der Waals surface area contributed by atoms with Crippen molar-refractivity contribution < 1.29 is 14.4 Å². The van der Waals surface area contributed by atoms with Crippen molar-refractivity contribution in [2.75, 3.05) is 11.9 Å². The molecular formula is C13H13N3O3. The molecule has 1 unspecified atom stereocenters. The van der Waals surface area contributed by atoms with Gasteiger partial charge in [-0.2, -0.15) is 0 Å². The van der Waals surface area contributed by atoms with Crippen molar-refractivity contribution in [2.24, 2.45) is 0 Å². The van der Waals surface area contributed by atoms with E-state index in [-0.39, 0.29) is 5.91 Å². The third kappa shape index (κ3) is 1.85. The molecule has 0 saturated carbocycles. The summed E-state index contributed by atoms with van der Waals surface area (Å²) in [6.07, 6.45) is 0.347. The molecule has 1 aromatic rings. The monoisotopic (exact) mass is 259 g/mol. The Morgan fingerprint density at radius 1 is 1.16 bits per heavy atom. The number of nitrogens with one attached hydrogen (secondary N) is 3. The average molecular weight is 259 g/mol. The van der Waals surface area contributed by atoms with E-state index in [1.807, 2.05) is 25.1 Å². The molecular weight excluding hydrogens is 246 g/mol. The normalized spacial score (nSPS) is 25.4. The van der Waals surface area contributed by atoms with Crippen LogP contribution in [0.1, 0.15) is 18.1 Å². The second-order valence-electron chi connectivity index (χ2n) is 5.07. The fourth-order valence-electron chi connectivity index (χ4n) is 2.44. The highest BCUT2D eigenvalue weighted by Gasteiger charge is 2.36. The topological polar surface area (TPSA) is 87.3 Å². The van der Waals surface area contributed by atoms with Gasteiger partial charge in [-0.15, -0.1) is 0 Å². The summed E-state index contributed by atoms with van der Waals surface area (Å²) in [6, 6.07) is 5.57. The van der Waals surface area contributed by atoms with Crippen LogP contribution in [0.25, 0.3) is 0 Å². The zero-order chi connectivity index (χ0) is 13.6. The van der Waals surface area contributed by atoms with E-state index in [1.165, 1.54) is 0 Å². The minimum atomic E-state index is -0.647. The maximum Gasteiger partial charge on any atom is 0.310 e. The second kappa shape index (κ2) is 3.81. The number of fused-ring (bicyclic) bond motifs is 1. The molecule has 6 heteroatoms. The Bertz CT molecular complexity index is 611. The number of amides is 3. The van der Waals surface area contributed by atoms with Crippen LogP contribution in [0.2, 0.25) is 0 Å². The molecule has 0 spiro atoms. The lowest BCUT2D eigenvalue weighted by molar-refractivity contribution is -0.142. The summed E-state index contributed by atoms with van der Waals surface area (Å²) in [5.74, 6) is -1.28. The smallest absolute Gasteiger partial charge is 0.310 e. The molecule has 6 nitrogen and oxygen atoms in total. The third-order valence-corrected chi connectivity index (χ3v) is 3.57. The Morgan fingerprint density at radius 2 is 1.95 bits per heavy atom. The molecule has 3 rings (SSSR count). The van der Waals surface area contributed by atoms with Crippen LogP contribution in [0.15, 0.2) is 18.2 Å². The summed E-state index contributed by atoms with van der Waals surface area (Å²) in [4.78, 5) is 34.0. The van der Waals surface area contributed by atoms with Crippen LogP contribution in [0.4, 0.5) is 5.69 Å². The highest BCUT2D eigenvalue weighted by molar-refractivity contribution is 6.35. The quantitative estimate of drug-likeness (QED) is 0.602. The van der Waals surface area contributed by atoms with Crippen molar-refractivity contribution in [3.63, 3.8) is 0 Å². The first-order chi connectivity index (χ1) is 8.98. The number of hydrogen-bond acceptors (Lipinski definition) is 3. The van der Waals surface area contributed by atoms with Gasteiger partial charge >= 0.3 is 11.8 Å². The van der Waals surface area contributed by atoms with E-state index in [0.29, 0.717) is 13.0 Å². The van der Waals surface area contributed by atoms with Gasteiger partial charge in [-0.25, -0.2) is 0 Å². The maximum atomic E-state index is 11.5. The van der Waals surface area contributed by atoms with E-state index in [4.69, 9.17) is 0 Å². The number of hydrogen-bond donors (Lipinski definition) is 3. The molecule has 2 heterocycles. The summed E-state index contributed by atoms with van der Waals surface area (Å²) in [7, 11) is 0. The molecule has 1 aromatic carbocycles. The molecule has 1 atom stereocenters. The molecule has 2 aliphatic heterocycles. The van der Waals surface area contributed by atoms with Crippen LogP contribution in [0, 0.1) is 0 Å². The summed E-state index contributed by atoms with van der Waals surface area (Å²) in [6.45, 7) is 2.17. The Morgan fingerprint density at radius 3 is 2.68 bits per heavy atom. The molecule has 19 heavy (non-hydrogen) atoms. The lowest BCUT2D eigenvalue weighted by atomic mass is 9.88. The zero-order valence-electron chi connectivity index (χ0n) is 10.4. The van der Waals surface area contributed by atoms with Crippen LogP contribution < -0.4 is 16.0 Å². The summed E-state index contributed by atoms with van der Waals surface area (Å²) < 4.78 is 0. The second-order valence-corrected chi connectivity index (χ2v) is 5.07. The summed E-state index contributed by atoms with van der Waals surface area (Å²) >= 11 is 0. The van der Waals surface area contributed by atoms with E-state index in [9.17, 15) is 14.4 Å². The standard InChI is InChI=1S/C13H13N3O3/c1-13(6-14-11(18)12(19)16-13)8-2-3-9-7(4-8)5-10(17)15-9/h2-4H,5-6H2,1H3,(H,14,18)(H,15,17)(H,16,19). The third-order valence-electron chi connectivity index (χ3n) is 3.57. The van der Waals surface area contributed by atoms with Gasteiger partial charge < -0.3 is 16.0 Å². The van der Waals surface area contributed by atoms with Crippen LogP contribution in [-0.2, 0) is 26.3 Å². The van der Waals surface area contributed by atoms with Gasteiger partial charge in [0.25, 0.3) is 0 Å². The molecule has 98 valence electrons. The van der Waals surface area contributed by atoms with Gasteiger partial charge in [0.15, 0.2) is 0 Å². The van der Waals surface area contributed by atoms with Crippen LogP contribution in [-0.4, -0.2) is 24.3 Å². The lowest BCUT2D eigenvalue weighted by Gasteiger charge is -2.35. The average Bonchev–Trinajstić information content (AvgIpc) is 2.73. The fourth-order valence-corrected chi connectivity index (χ4v) is 2.44. The van der Waals surface area contributed by atoms with E-state index in [0.717, 1.165) is 16.8 Å². The first-order valence-electron chi connectivity index (χ1n) is 6.01. The molecule has 3 N–H and O–H groups in total. The summed E-state index contributed by atoms with van der Waals surface area (Å²) in [5.41, 5.74) is 1.94. The number of carbonyl (C=O) groups is 3. The summed E-state index contributed by atoms with van der Waals surface area (Å²) in [5, 5.41) is 8.03. The zero-order valence-corrected chi connectivity index (χ0v) is 10.4. The Balaban J connectivity index is 1.94. The van der Waals surface area contributed by atoms with Gasteiger partial charge in [0.1, 0.15) is 0 Å². The van der Waals surface area contributed by atoms with Gasteiger partial charge in [-0.1, -0.05) is 12.1 Å². The number of benzene rings is 1. The van der Waals surface area contributed by atoms with Crippen molar-refractivity contribution in [3.8, 4) is 0 Å². The Hall–Kier alpha value is -2.37. The first kappa shape index (κ1) is 11.7. The number of anilines is 1. The van der Waals surface area contributed by atoms with Crippen molar-refractivity contribution in [1.82, 2.24) is 10.6 Å². The van der Waals surface area contributed by atoms with Crippen molar-refractivity contribution >= 4 is 23.4 Å². The van der Waals surface area contributed by atoms with Crippen LogP contribution >= 0.6 is 0 Å². The lowest BCUT2D eigenvalue weighted by Crippen LogP contribution is -2.60. The predicted molar refractivity (Wildman–Crippen MR) is 67.3 cm³/mol. The van der Waals surface area contributed by atoms with Gasteiger partial charge in [-0.05, 0) is 24.1 Å². The Kier molecular flexibility index (Phi) is 2.35. The molecule has 0 radical (unpaired) electrons. The van der Waals surface area contributed by atoms with Crippen LogP contribution in [0.3, 0.4) is 0 Å². The first-order valence-corrected chi connectivity index (χ1v) is 6.01. The predicted octanol–water partition coefficient (Wildman–Crippen LogP) is -0.358. The maximum absolute atomic E-state index is 11.5. The number of rotatable bonds is 1. The van der Waals surface area contributed by atoms with E-state index >= 15 is 0 Å². The van der Waals surface area contributed by atoms with E-state index in [1.54, 1.807) is 0 Å². The van der Waals surface area contributed by atoms with Gasteiger partial charge in [0, 0.05) is 12.2 Å². The molecule has 0 aliphatic carbocycles. The van der Waals surface area contributed by atoms with Crippen molar-refractivity contribution in [3.05, 3.63) is 29.3 Å². The number of piperazine rings is 1. The minimum absolute atomic E-state index is 0.0294. The fraction of sp³-hybridized carbons (Fsp3) is 0.308. The largest absolute Gasteiger partial charge is 0.345 e. The van der Waals surface area contributed by atoms with Crippen molar-refractivity contribution in [1.29, 1.82) is 0 Å². The van der Waals surface area contributed by atoms with Gasteiger partial charge in [0.05, 0.1) is 12.0 Å². The van der Waals surface area contributed by atoms with Crippen molar-refractivity contribution in [2.45, 2.75) is 18.9 Å². The SMILES string of the molecule is CC1(c2ccc3c(c2)CC(=O)N3)CNC(=O)C(=O)N1. The highest BCUT2D eigenvalue weighted by Crippen LogP contribution is 2.29. The molecule has 1 fully saturated rings. The van der Waals surface area contributed by atoms with Gasteiger partial charge in [-0.3, -0.25) is 14.4 Å². The van der Waals surface area contributed by atoms with Gasteiger partial charge in [0.2, 0.25) is 5.91 Å². The highest BCUT2D eigenvalue weighted by atomic mass is 16.2. The van der Waals surface area contributed by atoms with Crippen LogP contribution in [0.5, 0.6) is 0 Å². The molecule has 0 bridgehead atoms. The number of carbonyl (C=O) groups excluding carboxylic acids is 3. The minimum Gasteiger partial charge on any atom is -0.345 e. The Labute approximate surface area is 109 Å². The van der Waals surface area contributed by atoms with E-state index < -0.39 is 17.4 Å². The molecule has 0 aromatic heterocycles.